The van der Waals surface area contributed by atoms with Gasteiger partial charge in [-0.2, -0.15) is 0 Å². The van der Waals surface area contributed by atoms with E-state index in [0.29, 0.717) is 18.8 Å². The van der Waals surface area contributed by atoms with E-state index in [1.807, 2.05) is 0 Å². The van der Waals surface area contributed by atoms with Gasteiger partial charge in [0.1, 0.15) is 6.04 Å². The maximum absolute atomic E-state index is 13.1. The number of pyridine rings is 1. The topological polar surface area (TPSA) is 28.2 Å². The SMILES string of the molecule is Cl.Cl.FC(F)[C@H](c1ccccn1)N1CCNCC1. The van der Waals surface area contributed by atoms with Crippen LogP contribution in [0.1, 0.15) is 11.7 Å². The molecule has 0 aromatic carbocycles. The number of alkyl halides is 2. The van der Waals surface area contributed by atoms with Gasteiger partial charge in [-0.25, -0.2) is 8.78 Å². The number of nitrogens with one attached hydrogen (secondary N) is 1. The third-order valence-electron chi connectivity index (χ3n) is 2.77. The number of piperazine rings is 1. The van der Waals surface area contributed by atoms with E-state index in [0.717, 1.165) is 13.1 Å². The van der Waals surface area contributed by atoms with Crippen LogP contribution in [0.15, 0.2) is 24.4 Å². The third kappa shape index (κ3) is 4.31. The number of hydrogen-bond acceptors (Lipinski definition) is 3. The van der Waals surface area contributed by atoms with Gasteiger partial charge in [0, 0.05) is 32.4 Å². The second-order valence-corrected chi connectivity index (χ2v) is 3.82. The van der Waals surface area contributed by atoms with Gasteiger partial charge in [0.25, 0.3) is 6.43 Å². The highest BCUT2D eigenvalue weighted by atomic mass is 35.5. The molecule has 0 saturated carbocycles. The van der Waals surface area contributed by atoms with Crippen molar-refractivity contribution in [3.63, 3.8) is 0 Å². The first kappa shape index (κ1) is 17.5. The average molecular weight is 300 g/mol. The zero-order valence-corrected chi connectivity index (χ0v) is 11.4. The van der Waals surface area contributed by atoms with E-state index in [2.05, 4.69) is 10.3 Å². The van der Waals surface area contributed by atoms with Crippen LogP contribution in [0.2, 0.25) is 0 Å². The van der Waals surface area contributed by atoms with Crippen LogP contribution >= 0.6 is 24.8 Å². The Morgan fingerprint density at radius 2 is 1.83 bits per heavy atom. The lowest BCUT2D eigenvalue weighted by molar-refractivity contribution is 0.0160. The van der Waals surface area contributed by atoms with Crippen LogP contribution in [0.4, 0.5) is 8.78 Å². The molecule has 0 unspecified atom stereocenters. The molecular formula is C11H17Cl2F2N3. The average Bonchev–Trinajstić information content (AvgIpc) is 2.31. The van der Waals surface area contributed by atoms with Crippen molar-refractivity contribution in [3.8, 4) is 0 Å². The zero-order valence-electron chi connectivity index (χ0n) is 9.76. The Morgan fingerprint density at radius 3 is 2.33 bits per heavy atom. The fourth-order valence-corrected chi connectivity index (χ4v) is 1.99. The number of rotatable bonds is 3. The lowest BCUT2D eigenvalue weighted by Crippen LogP contribution is -2.47. The highest BCUT2D eigenvalue weighted by molar-refractivity contribution is 5.85. The number of nitrogens with zero attached hydrogens (tertiary/aromatic N) is 2. The Hall–Kier alpha value is -0.490. The predicted octanol–water partition coefficient (Wildman–Crippen LogP) is 2.14. The van der Waals surface area contributed by atoms with Gasteiger partial charge in [-0.3, -0.25) is 9.88 Å². The Labute approximate surface area is 118 Å². The molecular weight excluding hydrogens is 283 g/mol. The van der Waals surface area contributed by atoms with Gasteiger partial charge >= 0.3 is 0 Å². The summed E-state index contributed by atoms with van der Waals surface area (Å²) in [5, 5.41) is 3.15. The van der Waals surface area contributed by atoms with E-state index in [-0.39, 0.29) is 24.8 Å². The Bertz CT molecular complexity index is 321. The van der Waals surface area contributed by atoms with Crippen LogP contribution in [0.5, 0.6) is 0 Å². The van der Waals surface area contributed by atoms with Crippen LogP contribution in [0.3, 0.4) is 0 Å². The van der Waals surface area contributed by atoms with Crippen LogP contribution in [-0.4, -0.2) is 42.5 Å². The normalized spacial score (nSPS) is 17.7. The fraction of sp³-hybridized carbons (Fsp3) is 0.545. The molecule has 0 spiro atoms. The van der Waals surface area contributed by atoms with E-state index >= 15 is 0 Å². The van der Waals surface area contributed by atoms with Gasteiger partial charge in [-0.1, -0.05) is 6.07 Å². The van der Waals surface area contributed by atoms with Crippen molar-refractivity contribution < 1.29 is 8.78 Å². The summed E-state index contributed by atoms with van der Waals surface area (Å²) in [5.74, 6) is 0. The van der Waals surface area contributed by atoms with Gasteiger partial charge < -0.3 is 5.32 Å². The van der Waals surface area contributed by atoms with Crippen LogP contribution in [-0.2, 0) is 0 Å². The minimum atomic E-state index is -2.40. The molecule has 18 heavy (non-hydrogen) atoms. The predicted molar refractivity (Wildman–Crippen MR) is 71.9 cm³/mol. The zero-order chi connectivity index (χ0) is 11.4. The van der Waals surface area contributed by atoms with Crippen LogP contribution < -0.4 is 5.32 Å². The van der Waals surface area contributed by atoms with Crippen LogP contribution in [0, 0.1) is 0 Å². The van der Waals surface area contributed by atoms with Crippen molar-refractivity contribution in [2.75, 3.05) is 26.2 Å². The maximum Gasteiger partial charge on any atom is 0.259 e. The molecule has 1 aromatic rings. The fourth-order valence-electron chi connectivity index (χ4n) is 1.99. The molecule has 1 fully saturated rings. The Kier molecular flexibility index (Phi) is 8.35. The summed E-state index contributed by atoms with van der Waals surface area (Å²) in [6, 6.07) is 4.28. The van der Waals surface area contributed by atoms with E-state index in [1.165, 1.54) is 0 Å². The molecule has 1 atom stereocenters. The second kappa shape index (κ2) is 8.58. The van der Waals surface area contributed by atoms with Crippen molar-refractivity contribution in [2.24, 2.45) is 0 Å². The van der Waals surface area contributed by atoms with Gasteiger partial charge in [0.15, 0.2) is 0 Å². The minimum Gasteiger partial charge on any atom is -0.314 e. The molecule has 1 aliphatic rings. The summed E-state index contributed by atoms with van der Waals surface area (Å²) in [4.78, 5) is 5.83. The van der Waals surface area contributed by atoms with Crippen molar-refractivity contribution in [1.82, 2.24) is 15.2 Å². The molecule has 0 radical (unpaired) electrons. The minimum absolute atomic E-state index is 0. The summed E-state index contributed by atoms with van der Waals surface area (Å²) < 4.78 is 26.1. The molecule has 1 N–H and O–H groups in total. The molecule has 7 heteroatoms. The molecule has 0 aliphatic carbocycles. The molecule has 2 rings (SSSR count). The lowest BCUT2D eigenvalue weighted by Gasteiger charge is -2.33. The molecule has 104 valence electrons. The van der Waals surface area contributed by atoms with E-state index in [1.54, 1.807) is 29.3 Å². The smallest absolute Gasteiger partial charge is 0.259 e. The molecule has 1 aliphatic heterocycles. The quantitative estimate of drug-likeness (QED) is 0.927. The van der Waals surface area contributed by atoms with Crippen molar-refractivity contribution in [1.29, 1.82) is 0 Å². The maximum atomic E-state index is 13.1. The van der Waals surface area contributed by atoms with E-state index in [4.69, 9.17) is 0 Å². The van der Waals surface area contributed by atoms with Gasteiger partial charge in [0.05, 0.1) is 5.69 Å². The lowest BCUT2D eigenvalue weighted by atomic mass is 10.1. The first-order valence-electron chi connectivity index (χ1n) is 5.43. The number of halogens is 4. The molecule has 3 nitrogen and oxygen atoms in total. The standard InChI is InChI=1S/C11H15F2N3.2ClH/c12-11(13)10(9-3-1-2-4-15-9)16-7-5-14-6-8-16;;/h1-4,10-11,14H,5-8H2;2*1H/t10-;;/m0../s1. The monoisotopic (exact) mass is 299 g/mol. The highest BCUT2D eigenvalue weighted by Crippen LogP contribution is 2.25. The number of hydrogen-bond donors (Lipinski definition) is 1. The first-order valence-corrected chi connectivity index (χ1v) is 5.43. The van der Waals surface area contributed by atoms with Crippen LogP contribution in [0.25, 0.3) is 0 Å². The molecule has 2 heterocycles. The molecule has 0 amide bonds. The van der Waals surface area contributed by atoms with Crippen molar-refractivity contribution >= 4 is 24.8 Å². The van der Waals surface area contributed by atoms with Gasteiger partial charge in [-0.05, 0) is 12.1 Å². The van der Waals surface area contributed by atoms with Gasteiger partial charge in [0.2, 0.25) is 0 Å². The summed E-state index contributed by atoms with van der Waals surface area (Å²) in [5.41, 5.74) is 0.458. The molecule has 0 bridgehead atoms. The molecule has 1 aromatic heterocycles. The first-order chi connectivity index (χ1) is 7.79. The van der Waals surface area contributed by atoms with E-state index < -0.39 is 12.5 Å². The highest BCUT2D eigenvalue weighted by Gasteiger charge is 2.30. The Balaban J connectivity index is 0.00000144. The Morgan fingerprint density at radius 1 is 1.17 bits per heavy atom. The van der Waals surface area contributed by atoms with Gasteiger partial charge in [-0.15, -0.1) is 24.8 Å². The number of aromatic nitrogens is 1. The summed E-state index contributed by atoms with van der Waals surface area (Å²) in [6.07, 6.45) is -0.833. The largest absolute Gasteiger partial charge is 0.314 e. The van der Waals surface area contributed by atoms with E-state index in [9.17, 15) is 8.78 Å². The van der Waals surface area contributed by atoms with Crippen molar-refractivity contribution in [2.45, 2.75) is 12.5 Å². The summed E-state index contributed by atoms with van der Waals surface area (Å²) in [6.45, 7) is 2.81. The van der Waals surface area contributed by atoms with Crippen molar-refractivity contribution in [3.05, 3.63) is 30.1 Å². The summed E-state index contributed by atoms with van der Waals surface area (Å²) >= 11 is 0. The summed E-state index contributed by atoms with van der Waals surface area (Å²) in [7, 11) is 0. The molecule has 1 saturated heterocycles. The third-order valence-corrected chi connectivity index (χ3v) is 2.77. The second-order valence-electron chi connectivity index (χ2n) is 3.82.